The van der Waals surface area contributed by atoms with Crippen LogP contribution in [0.4, 0.5) is 0 Å². The van der Waals surface area contributed by atoms with E-state index in [0.29, 0.717) is 12.5 Å². The number of aliphatic hydroxyl groups is 1. The van der Waals surface area contributed by atoms with Crippen molar-refractivity contribution in [3.63, 3.8) is 0 Å². The summed E-state index contributed by atoms with van der Waals surface area (Å²) in [7, 11) is 1.68. The lowest BCUT2D eigenvalue weighted by Crippen LogP contribution is -2.43. The van der Waals surface area contributed by atoms with Crippen LogP contribution in [0.5, 0.6) is 5.75 Å². The minimum atomic E-state index is -0.571. The molecule has 142 valence electrons. The van der Waals surface area contributed by atoms with Crippen LogP contribution in [-0.4, -0.2) is 43.4 Å². The van der Waals surface area contributed by atoms with Gasteiger partial charge in [-0.15, -0.1) is 24.0 Å². The van der Waals surface area contributed by atoms with E-state index < -0.39 is 5.60 Å². The van der Waals surface area contributed by atoms with E-state index in [4.69, 9.17) is 4.74 Å². The van der Waals surface area contributed by atoms with Gasteiger partial charge in [-0.3, -0.25) is 4.99 Å². The summed E-state index contributed by atoms with van der Waals surface area (Å²) >= 11 is 0. The molecule has 1 aliphatic carbocycles. The lowest BCUT2D eigenvalue weighted by molar-refractivity contribution is -0.0236. The van der Waals surface area contributed by atoms with Crippen molar-refractivity contribution in [1.29, 1.82) is 0 Å². The summed E-state index contributed by atoms with van der Waals surface area (Å²) in [6, 6.07) is 8.25. The first kappa shape index (κ1) is 22.0. The first-order chi connectivity index (χ1) is 11.6. The first-order valence-electron chi connectivity index (χ1n) is 8.95. The van der Waals surface area contributed by atoms with E-state index in [1.165, 1.54) is 5.56 Å². The average molecular weight is 461 g/mol. The molecule has 0 amide bonds. The molecule has 25 heavy (non-hydrogen) atoms. The standard InChI is InChI=1S/C19H31N3O2.HI/c1-4-20-18(22-14-19(23)11-5-12-19)21-13-10-15(2)16-6-8-17(24-3)9-7-16;/h6-9,15,23H,4-5,10-14H2,1-3H3,(H2,20,21,22);1H. The molecule has 0 aliphatic heterocycles. The smallest absolute Gasteiger partial charge is 0.191 e. The maximum Gasteiger partial charge on any atom is 0.191 e. The predicted molar refractivity (Wildman–Crippen MR) is 114 cm³/mol. The van der Waals surface area contributed by atoms with Gasteiger partial charge in [0.2, 0.25) is 0 Å². The van der Waals surface area contributed by atoms with Crippen molar-refractivity contribution >= 4 is 29.9 Å². The number of nitrogens with one attached hydrogen (secondary N) is 2. The van der Waals surface area contributed by atoms with Crippen molar-refractivity contribution < 1.29 is 9.84 Å². The van der Waals surface area contributed by atoms with Gasteiger partial charge in [-0.1, -0.05) is 19.1 Å². The highest BCUT2D eigenvalue weighted by atomic mass is 127. The molecule has 0 spiro atoms. The van der Waals surface area contributed by atoms with Crippen LogP contribution in [0.25, 0.3) is 0 Å². The number of methoxy groups -OCH3 is 1. The minimum Gasteiger partial charge on any atom is -0.497 e. The Hall–Kier alpha value is -1.02. The number of guanidine groups is 1. The SMILES string of the molecule is CCNC(=NCC1(O)CCC1)NCCC(C)c1ccc(OC)cc1.I. The van der Waals surface area contributed by atoms with Crippen molar-refractivity contribution in [3.05, 3.63) is 29.8 Å². The minimum absolute atomic E-state index is 0. The van der Waals surface area contributed by atoms with Crippen LogP contribution < -0.4 is 15.4 Å². The molecule has 3 N–H and O–H groups in total. The van der Waals surface area contributed by atoms with E-state index in [1.807, 2.05) is 12.1 Å². The second kappa shape index (κ2) is 10.9. The second-order valence-electron chi connectivity index (χ2n) is 6.66. The van der Waals surface area contributed by atoms with Crippen molar-refractivity contribution in [2.24, 2.45) is 4.99 Å². The Bertz CT molecular complexity index is 530. The lowest BCUT2D eigenvalue weighted by Gasteiger charge is -2.35. The second-order valence-corrected chi connectivity index (χ2v) is 6.66. The molecular weight excluding hydrogens is 429 g/mol. The maximum absolute atomic E-state index is 10.2. The number of aliphatic imine (C=N–C) groups is 1. The van der Waals surface area contributed by atoms with Crippen molar-refractivity contribution in [2.75, 3.05) is 26.7 Å². The first-order valence-corrected chi connectivity index (χ1v) is 8.95. The van der Waals surface area contributed by atoms with Gasteiger partial charge >= 0.3 is 0 Å². The number of halogens is 1. The lowest BCUT2D eigenvalue weighted by atomic mass is 9.80. The van der Waals surface area contributed by atoms with Crippen LogP contribution in [0.2, 0.25) is 0 Å². The van der Waals surface area contributed by atoms with E-state index in [-0.39, 0.29) is 24.0 Å². The van der Waals surface area contributed by atoms with Gasteiger partial charge in [0, 0.05) is 13.1 Å². The Morgan fingerprint density at radius 2 is 1.96 bits per heavy atom. The Morgan fingerprint density at radius 3 is 2.48 bits per heavy atom. The molecule has 6 heteroatoms. The highest BCUT2D eigenvalue weighted by Gasteiger charge is 2.34. The average Bonchev–Trinajstić information content (AvgIpc) is 2.58. The largest absolute Gasteiger partial charge is 0.497 e. The summed E-state index contributed by atoms with van der Waals surface area (Å²) in [6.45, 7) is 6.42. The molecule has 0 aromatic heterocycles. The van der Waals surface area contributed by atoms with Gasteiger partial charge in [0.1, 0.15) is 5.75 Å². The highest BCUT2D eigenvalue weighted by molar-refractivity contribution is 14.0. The summed E-state index contributed by atoms with van der Waals surface area (Å²) in [5.74, 6) is 2.14. The van der Waals surface area contributed by atoms with Crippen LogP contribution in [0.1, 0.15) is 51.0 Å². The van der Waals surface area contributed by atoms with Gasteiger partial charge in [0.15, 0.2) is 5.96 Å². The Kier molecular flexibility index (Phi) is 9.56. The van der Waals surface area contributed by atoms with Crippen LogP contribution in [0.15, 0.2) is 29.3 Å². The predicted octanol–water partition coefficient (Wildman–Crippen LogP) is 3.28. The molecular formula is C19H32IN3O2. The molecule has 0 saturated heterocycles. The Labute approximate surface area is 168 Å². The molecule has 1 aromatic carbocycles. The van der Waals surface area contributed by atoms with E-state index in [2.05, 4.69) is 41.6 Å². The zero-order valence-electron chi connectivity index (χ0n) is 15.5. The summed E-state index contributed by atoms with van der Waals surface area (Å²) in [6.07, 6.45) is 3.85. The van der Waals surface area contributed by atoms with Crippen LogP contribution in [-0.2, 0) is 0 Å². The summed E-state index contributed by atoms with van der Waals surface area (Å²) in [4.78, 5) is 4.53. The van der Waals surface area contributed by atoms with Gasteiger partial charge in [-0.05, 0) is 56.2 Å². The number of nitrogens with zero attached hydrogens (tertiary/aromatic N) is 1. The summed E-state index contributed by atoms with van der Waals surface area (Å²) in [5.41, 5.74) is 0.738. The molecule has 1 aromatic rings. The Balaban J connectivity index is 0.00000312. The molecule has 2 rings (SSSR count). The van der Waals surface area contributed by atoms with Gasteiger partial charge in [-0.2, -0.15) is 0 Å². The van der Waals surface area contributed by atoms with Crippen LogP contribution >= 0.6 is 24.0 Å². The van der Waals surface area contributed by atoms with Crippen molar-refractivity contribution in [1.82, 2.24) is 10.6 Å². The normalized spacial score (nSPS) is 17.0. The molecule has 1 aliphatic rings. The van der Waals surface area contributed by atoms with Gasteiger partial charge in [0.05, 0.1) is 19.3 Å². The fourth-order valence-corrected chi connectivity index (χ4v) is 2.82. The van der Waals surface area contributed by atoms with Gasteiger partial charge in [0.25, 0.3) is 0 Å². The molecule has 5 nitrogen and oxygen atoms in total. The molecule has 0 heterocycles. The number of rotatable bonds is 8. The van der Waals surface area contributed by atoms with Gasteiger partial charge < -0.3 is 20.5 Å². The third kappa shape index (κ3) is 7.01. The third-order valence-corrected chi connectivity index (χ3v) is 4.71. The quantitative estimate of drug-likeness (QED) is 0.316. The molecule has 0 radical (unpaired) electrons. The van der Waals surface area contributed by atoms with E-state index >= 15 is 0 Å². The Morgan fingerprint density at radius 1 is 1.28 bits per heavy atom. The van der Waals surface area contributed by atoms with E-state index in [9.17, 15) is 5.11 Å². The third-order valence-electron chi connectivity index (χ3n) is 4.71. The van der Waals surface area contributed by atoms with Crippen LogP contribution in [0.3, 0.4) is 0 Å². The van der Waals surface area contributed by atoms with Crippen LogP contribution in [0, 0.1) is 0 Å². The zero-order chi connectivity index (χ0) is 17.4. The van der Waals surface area contributed by atoms with Crippen molar-refractivity contribution in [3.8, 4) is 5.75 Å². The van der Waals surface area contributed by atoms with Crippen molar-refractivity contribution in [2.45, 2.75) is 51.0 Å². The highest BCUT2D eigenvalue weighted by Crippen LogP contribution is 2.31. The molecule has 1 atom stereocenters. The fraction of sp³-hybridized carbons (Fsp3) is 0.632. The molecule has 1 unspecified atom stereocenters. The number of hydrogen-bond donors (Lipinski definition) is 3. The number of ether oxygens (including phenoxy) is 1. The number of benzene rings is 1. The maximum atomic E-state index is 10.2. The monoisotopic (exact) mass is 461 g/mol. The summed E-state index contributed by atoms with van der Waals surface area (Å²) in [5, 5.41) is 16.8. The van der Waals surface area contributed by atoms with Gasteiger partial charge in [-0.25, -0.2) is 0 Å². The molecule has 1 saturated carbocycles. The van der Waals surface area contributed by atoms with E-state index in [1.54, 1.807) is 7.11 Å². The zero-order valence-corrected chi connectivity index (χ0v) is 17.9. The fourth-order valence-electron chi connectivity index (χ4n) is 2.82. The topological polar surface area (TPSA) is 65.9 Å². The molecule has 1 fully saturated rings. The summed E-state index contributed by atoms with van der Waals surface area (Å²) < 4.78 is 5.20. The molecule has 0 bridgehead atoms. The van der Waals surface area contributed by atoms with E-state index in [0.717, 1.165) is 50.5 Å². The number of hydrogen-bond acceptors (Lipinski definition) is 3.